The molecule has 162 valence electrons. The maximum absolute atomic E-state index is 12.7. The van der Waals surface area contributed by atoms with Crippen molar-refractivity contribution in [2.75, 3.05) is 17.2 Å². The minimum absolute atomic E-state index is 0.367. The lowest BCUT2D eigenvalue weighted by atomic mass is 10.1. The smallest absolute Gasteiger partial charge is 0.263 e. The highest BCUT2D eigenvalue weighted by Gasteiger charge is 2.29. The lowest BCUT2D eigenvalue weighted by Gasteiger charge is -2.27. The molecule has 0 heterocycles. The fraction of sp³-hybridized carbons (Fsp3) is 0.217. The van der Waals surface area contributed by atoms with Crippen molar-refractivity contribution in [3.63, 3.8) is 0 Å². The van der Waals surface area contributed by atoms with Crippen molar-refractivity contribution >= 4 is 38.6 Å². The lowest BCUT2D eigenvalue weighted by molar-refractivity contribution is -0.121. The number of fused-ring (bicyclic) bond motifs is 1. The molecule has 0 aliphatic carbocycles. The standard InChI is InChI=1S/C23H25N3O4S/c1-4-30-21-14-12-20(13-15-21)26(31(3,28)29)17(2)23(27)25-24-16-19-10-7-9-18-8-5-6-11-22(18)19/h5-17H,4H2,1-3H3,(H,25,27)/b24-16-/t17-/m0/s1. The molecule has 7 nitrogen and oxygen atoms in total. The quantitative estimate of drug-likeness (QED) is 0.430. The topological polar surface area (TPSA) is 88.1 Å². The molecule has 0 fully saturated rings. The van der Waals surface area contributed by atoms with Gasteiger partial charge in [-0.25, -0.2) is 13.8 Å². The number of rotatable bonds is 8. The number of nitrogens with zero attached hydrogens (tertiary/aromatic N) is 2. The Bertz CT molecular complexity index is 1190. The number of carbonyl (C=O) groups is 1. The van der Waals surface area contributed by atoms with Crippen molar-refractivity contribution < 1.29 is 17.9 Å². The van der Waals surface area contributed by atoms with Crippen molar-refractivity contribution in [2.45, 2.75) is 19.9 Å². The number of hydrazone groups is 1. The Kier molecular flexibility index (Phi) is 6.91. The van der Waals surface area contributed by atoms with Gasteiger partial charge in [0.05, 0.1) is 24.8 Å². The molecular formula is C23H25N3O4S. The molecule has 0 unspecified atom stereocenters. The summed E-state index contributed by atoms with van der Waals surface area (Å²) >= 11 is 0. The second kappa shape index (κ2) is 9.61. The van der Waals surface area contributed by atoms with E-state index in [0.717, 1.165) is 26.9 Å². The van der Waals surface area contributed by atoms with Gasteiger partial charge in [0.25, 0.3) is 5.91 Å². The van der Waals surface area contributed by atoms with Crippen LogP contribution in [0, 0.1) is 0 Å². The molecule has 0 radical (unpaired) electrons. The SMILES string of the molecule is CCOc1ccc(N([C@@H](C)C(=O)N/N=C\c2cccc3ccccc23)S(C)(=O)=O)cc1. The van der Waals surface area contributed by atoms with Crippen LogP contribution in [0.3, 0.4) is 0 Å². The summed E-state index contributed by atoms with van der Waals surface area (Å²) in [5.74, 6) is 0.0762. The Morgan fingerprint density at radius 2 is 1.77 bits per heavy atom. The Labute approximate surface area is 182 Å². The summed E-state index contributed by atoms with van der Waals surface area (Å²) in [6.45, 7) is 3.88. The zero-order chi connectivity index (χ0) is 22.4. The van der Waals surface area contributed by atoms with Gasteiger partial charge in [-0.2, -0.15) is 5.10 Å². The maximum Gasteiger partial charge on any atom is 0.263 e. The number of nitrogens with one attached hydrogen (secondary N) is 1. The first kappa shape index (κ1) is 22.3. The van der Waals surface area contributed by atoms with Crippen LogP contribution in [0.5, 0.6) is 5.75 Å². The van der Waals surface area contributed by atoms with E-state index in [-0.39, 0.29) is 0 Å². The van der Waals surface area contributed by atoms with Crippen molar-refractivity contribution in [1.29, 1.82) is 0 Å². The van der Waals surface area contributed by atoms with Gasteiger partial charge in [-0.3, -0.25) is 9.10 Å². The average Bonchev–Trinajstić information content (AvgIpc) is 2.74. The minimum atomic E-state index is -3.71. The molecular weight excluding hydrogens is 414 g/mol. The van der Waals surface area contributed by atoms with Crippen LogP contribution in [-0.2, 0) is 14.8 Å². The number of ether oxygens (including phenoxy) is 1. The zero-order valence-corrected chi connectivity index (χ0v) is 18.5. The molecule has 0 saturated heterocycles. The van der Waals surface area contributed by atoms with Crippen molar-refractivity contribution in [3.05, 3.63) is 72.3 Å². The van der Waals surface area contributed by atoms with Gasteiger partial charge >= 0.3 is 0 Å². The predicted octanol–water partition coefficient (Wildman–Crippen LogP) is 3.54. The highest BCUT2D eigenvalue weighted by molar-refractivity contribution is 7.92. The van der Waals surface area contributed by atoms with Crippen LogP contribution >= 0.6 is 0 Å². The van der Waals surface area contributed by atoms with Gasteiger partial charge in [-0.1, -0.05) is 42.5 Å². The molecule has 8 heteroatoms. The fourth-order valence-corrected chi connectivity index (χ4v) is 4.46. The Balaban J connectivity index is 1.77. The Morgan fingerprint density at radius 1 is 1.10 bits per heavy atom. The monoisotopic (exact) mass is 439 g/mol. The van der Waals surface area contributed by atoms with E-state index in [1.165, 1.54) is 6.92 Å². The van der Waals surface area contributed by atoms with E-state index < -0.39 is 22.0 Å². The number of amides is 1. The van der Waals surface area contributed by atoms with E-state index in [1.807, 2.05) is 49.4 Å². The number of hydrogen-bond acceptors (Lipinski definition) is 5. The van der Waals surface area contributed by atoms with Crippen LogP contribution in [0.2, 0.25) is 0 Å². The number of benzene rings is 3. The highest BCUT2D eigenvalue weighted by Crippen LogP contribution is 2.24. The molecule has 0 aliphatic heterocycles. The second-order valence-electron chi connectivity index (χ2n) is 6.96. The molecule has 0 saturated carbocycles. The van der Waals surface area contributed by atoms with Crippen LogP contribution in [0.15, 0.2) is 71.8 Å². The van der Waals surface area contributed by atoms with Crippen molar-refractivity contribution in [3.8, 4) is 5.75 Å². The summed E-state index contributed by atoms with van der Waals surface area (Å²) in [6.07, 6.45) is 2.61. The first-order chi connectivity index (χ1) is 14.8. The van der Waals surface area contributed by atoms with Crippen LogP contribution in [0.4, 0.5) is 5.69 Å². The summed E-state index contributed by atoms with van der Waals surface area (Å²) in [7, 11) is -3.71. The molecule has 0 spiro atoms. The summed E-state index contributed by atoms with van der Waals surface area (Å²) < 4.78 is 31.3. The van der Waals surface area contributed by atoms with Crippen molar-refractivity contribution in [1.82, 2.24) is 5.43 Å². The van der Waals surface area contributed by atoms with Crippen LogP contribution in [0.25, 0.3) is 10.8 Å². The minimum Gasteiger partial charge on any atom is -0.494 e. The molecule has 0 bridgehead atoms. The second-order valence-corrected chi connectivity index (χ2v) is 8.82. The van der Waals surface area contributed by atoms with Gasteiger partial charge < -0.3 is 4.74 Å². The molecule has 1 N–H and O–H groups in total. The van der Waals surface area contributed by atoms with Crippen molar-refractivity contribution in [2.24, 2.45) is 5.10 Å². The first-order valence-corrected chi connectivity index (χ1v) is 11.7. The number of sulfonamides is 1. The normalized spacial score (nSPS) is 12.6. The van der Waals surface area contributed by atoms with Gasteiger partial charge in [-0.15, -0.1) is 0 Å². The summed E-state index contributed by atoms with van der Waals surface area (Å²) in [6, 6.07) is 19.2. The van der Waals surface area contributed by atoms with E-state index in [4.69, 9.17) is 4.74 Å². The molecule has 0 aliphatic rings. The Hall–Kier alpha value is -3.39. The molecule has 3 aromatic carbocycles. The highest BCUT2D eigenvalue weighted by atomic mass is 32.2. The van der Waals surface area contributed by atoms with E-state index in [9.17, 15) is 13.2 Å². The molecule has 3 rings (SSSR count). The third-order valence-corrected chi connectivity index (χ3v) is 5.93. The fourth-order valence-electron chi connectivity index (χ4n) is 3.29. The van der Waals surface area contributed by atoms with Crippen LogP contribution in [-0.4, -0.2) is 39.4 Å². The first-order valence-electron chi connectivity index (χ1n) is 9.84. The van der Waals surface area contributed by atoms with Gasteiger partial charge in [0, 0.05) is 5.56 Å². The van der Waals surface area contributed by atoms with E-state index in [1.54, 1.807) is 30.5 Å². The van der Waals surface area contributed by atoms with E-state index in [0.29, 0.717) is 18.0 Å². The molecule has 31 heavy (non-hydrogen) atoms. The van der Waals surface area contributed by atoms with Gasteiger partial charge in [0.15, 0.2) is 0 Å². The summed E-state index contributed by atoms with van der Waals surface area (Å²) in [5, 5.41) is 6.11. The predicted molar refractivity (Wildman–Crippen MR) is 124 cm³/mol. The van der Waals surface area contributed by atoms with Crippen LogP contribution < -0.4 is 14.5 Å². The Morgan fingerprint density at radius 3 is 2.45 bits per heavy atom. The molecule has 1 amide bonds. The molecule has 1 atom stereocenters. The molecule has 0 aromatic heterocycles. The van der Waals surface area contributed by atoms with Crippen LogP contribution in [0.1, 0.15) is 19.4 Å². The summed E-state index contributed by atoms with van der Waals surface area (Å²) in [5.41, 5.74) is 3.66. The number of carbonyl (C=O) groups excluding carboxylic acids is 1. The van der Waals surface area contributed by atoms with E-state index in [2.05, 4.69) is 10.5 Å². The number of hydrogen-bond donors (Lipinski definition) is 1. The zero-order valence-electron chi connectivity index (χ0n) is 17.6. The summed E-state index contributed by atoms with van der Waals surface area (Å²) in [4.78, 5) is 12.7. The average molecular weight is 440 g/mol. The van der Waals surface area contributed by atoms with Gasteiger partial charge in [0.1, 0.15) is 11.8 Å². The largest absolute Gasteiger partial charge is 0.494 e. The van der Waals surface area contributed by atoms with E-state index >= 15 is 0 Å². The maximum atomic E-state index is 12.7. The van der Waals surface area contributed by atoms with Gasteiger partial charge in [0.2, 0.25) is 10.0 Å². The lowest BCUT2D eigenvalue weighted by Crippen LogP contribution is -2.46. The van der Waals surface area contributed by atoms with Gasteiger partial charge in [-0.05, 0) is 48.9 Å². The third-order valence-electron chi connectivity index (χ3n) is 4.69. The number of anilines is 1. The molecule has 3 aromatic rings. The third kappa shape index (κ3) is 5.40.